The fourth-order valence-corrected chi connectivity index (χ4v) is 1.63. The molecule has 0 aliphatic heterocycles. The Morgan fingerprint density at radius 3 is 2.71 bits per heavy atom. The lowest BCUT2D eigenvalue weighted by molar-refractivity contribution is -0.147. The van der Waals surface area contributed by atoms with Crippen LogP contribution in [0.2, 0.25) is 0 Å². The van der Waals surface area contributed by atoms with E-state index in [2.05, 4.69) is 10.4 Å². The van der Waals surface area contributed by atoms with E-state index in [-0.39, 0.29) is 36.3 Å². The van der Waals surface area contributed by atoms with E-state index in [4.69, 9.17) is 4.74 Å². The average Bonchev–Trinajstić information content (AvgIpc) is 2.40. The van der Waals surface area contributed by atoms with Crippen LogP contribution < -0.4 is 10.9 Å². The van der Waals surface area contributed by atoms with Crippen molar-refractivity contribution in [3.8, 4) is 0 Å². The zero-order valence-corrected chi connectivity index (χ0v) is 12.6. The van der Waals surface area contributed by atoms with E-state index in [1.807, 2.05) is 6.92 Å². The second-order valence-corrected chi connectivity index (χ2v) is 4.82. The molecule has 0 fully saturated rings. The van der Waals surface area contributed by atoms with Gasteiger partial charge >= 0.3 is 5.97 Å². The predicted molar refractivity (Wildman–Crippen MR) is 77.0 cm³/mol. The maximum absolute atomic E-state index is 11.9. The van der Waals surface area contributed by atoms with Crippen molar-refractivity contribution in [2.75, 3.05) is 6.54 Å². The maximum atomic E-state index is 11.9. The molecule has 0 saturated carbocycles. The molecule has 0 unspecified atom stereocenters. The molecule has 0 aromatic carbocycles. The number of hydrogen-bond acceptors (Lipinski definition) is 5. The van der Waals surface area contributed by atoms with Crippen molar-refractivity contribution >= 4 is 11.9 Å². The summed E-state index contributed by atoms with van der Waals surface area (Å²) in [7, 11) is 0. The summed E-state index contributed by atoms with van der Waals surface area (Å²) < 4.78 is 6.21. The second kappa shape index (κ2) is 8.18. The van der Waals surface area contributed by atoms with Crippen LogP contribution in [0.15, 0.2) is 16.9 Å². The van der Waals surface area contributed by atoms with Gasteiger partial charge in [0.05, 0.1) is 12.5 Å². The molecule has 0 aliphatic carbocycles. The average molecular weight is 295 g/mol. The van der Waals surface area contributed by atoms with Gasteiger partial charge in [-0.1, -0.05) is 6.92 Å². The Labute approximate surface area is 123 Å². The fraction of sp³-hybridized carbons (Fsp3) is 0.571. The van der Waals surface area contributed by atoms with E-state index in [1.54, 1.807) is 13.8 Å². The maximum Gasteiger partial charge on any atom is 0.307 e. The highest BCUT2D eigenvalue weighted by molar-refractivity contribution is 5.92. The minimum atomic E-state index is -0.419. The summed E-state index contributed by atoms with van der Waals surface area (Å²) in [5, 5.41) is 6.56. The van der Waals surface area contributed by atoms with Crippen LogP contribution in [-0.4, -0.2) is 34.3 Å². The van der Waals surface area contributed by atoms with Gasteiger partial charge in [-0.25, -0.2) is 4.68 Å². The molecule has 0 radical (unpaired) electrons. The summed E-state index contributed by atoms with van der Waals surface area (Å²) >= 11 is 0. The van der Waals surface area contributed by atoms with Crippen LogP contribution in [0.1, 0.15) is 44.1 Å². The van der Waals surface area contributed by atoms with Gasteiger partial charge in [0, 0.05) is 19.2 Å². The quantitative estimate of drug-likeness (QED) is 0.749. The lowest BCUT2D eigenvalue weighted by atomic mass is 10.3. The predicted octanol–water partition coefficient (Wildman–Crippen LogP) is 0.725. The number of carbonyl (C=O) groups excluding carboxylic acids is 2. The van der Waals surface area contributed by atoms with Crippen molar-refractivity contribution in [2.45, 2.75) is 46.3 Å². The molecule has 1 aromatic heterocycles. The second-order valence-electron chi connectivity index (χ2n) is 4.82. The lowest BCUT2D eigenvalue weighted by Gasteiger charge is -2.09. The molecule has 0 saturated heterocycles. The number of nitrogens with one attached hydrogen (secondary N) is 1. The largest absolute Gasteiger partial charge is 0.463 e. The Morgan fingerprint density at radius 2 is 2.10 bits per heavy atom. The summed E-state index contributed by atoms with van der Waals surface area (Å²) in [6.07, 6.45) is 0.671. The molecule has 1 aromatic rings. The third-order valence-corrected chi connectivity index (χ3v) is 2.52. The van der Waals surface area contributed by atoms with E-state index in [0.717, 1.165) is 6.42 Å². The summed E-state index contributed by atoms with van der Waals surface area (Å²) in [5.41, 5.74) is -0.0887. The van der Waals surface area contributed by atoms with Gasteiger partial charge in [-0.15, -0.1) is 0 Å². The first kappa shape index (κ1) is 16.9. The van der Waals surface area contributed by atoms with Crippen molar-refractivity contribution in [1.29, 1.82) is 0 Å². The van der Waals surface area contributed by atoms with Crippen molar-refractivity contribution in [1.82, 2.24) is 15.1 Å². The standard InChI is InChI=1S/C14H21N3O4/c1-4-9-17-12(18)6-5-11(16-17)14(20)15-8-7-13(19)21-10(2)3/h5-6,10H,4,7-9H2,1-3H3,(H,15,20). The smallest absolute Gasteiger partial charge is 0.307 e. The molecule has 0 atom stereocenters. The SMILES string of the molecule is CCCn1nc(C(=O)NCCC(=O)OC(C)C)ccc1=O. The number of aryl methyl sites for hydroxylation is 1. The molecular formula is C14H21N3O4. The van der Waals surface area contributed by atoms with Gasteiger partial charge in [-0.3, -0.25) is 14.4 Å². The Morgan fingerprint density at radius 1 is 1.38 bits per heavy atom. The number of rotatable bonds is 7. The van der Waals surface area contributed by atoms with Crippen LogP contribution in [0.4, 0.5) is 0 Å². The molecule has 1 heterocycles. The van der Waals surface area contributed by atoms with Gasteiger partial charge in [-0.05, 0) is 26.3 Å². The number of hydrogen-bond donors (Lipinski definition) is 1. The number of esters is 1. The first-order valence-corrected chi connectivity index (χ1v) is 7.00. The third kappa shape index (κ3) is 5.76. The number of nitrogens with zero attached hydrogens (tertiary/aromatic N) is 2. The van der Waals surface area contributed by atoms with Crippen molar-refractivity contribution in [3.63, 3.8) is 0 Å². The van der Waals surface area contributed by atoms with Crippen LogP contribution in [0.5, 0.6) is 0 Å². The monoisotopic (exact) mass is 295 g/mol. The first-order valence-electron chi connectivity index (χ1n) is 7.00. The Bertz CT molecular complexity index is 551. The first-order chi connectivity index (χ1) is 9.93. The number of ether oxygens (including phenoxy) is 1. The van der Waals surface area contributed by atoms with Crippen LogP contribution in [0.3, 0.4) is 0 Å². The Kier molecular flexibility index (Phi) is 6.58. The zero-order chi connectivity index (χ0) is 15.8. The van der Waals surface area contributed by atoms with E-state index in [9.17, 15) is 14.4 Å². The molecule has 1 N–H and O–H groups in total. The third-order valence-electron chi connectivity index (χ3n) is 2.52. The molecule has 21 heavy (non-hydrogen) atoms. The van der Waals surface area contributed by atoms with Crippen LogP contribution in [0, 0.1) is 0 Å². The number of carbonyl (C=O) groups is 2. The van der Waals surface area contributed by atoms with E-state index in [1.165, 1.54) is 16.8 Å². The van der Waals surface area contributed by atoms with Crippen LogP contribution in [0.25, 0.3) is 0 Å². The van der Waals surface area contributed by atoms with Crippen molar-refractivity contribution in [3.05, 3.63) is 28.2 Å². The molecule has 1 amide bonds. The minimum Gasteiger partial charge on any atom is -0.463 e. The minimum absolute atomic E-state index is 0.0958. The van der Waals surface area contributed by atoms with Crippen LogP contribution in [-0.2, 0) is 16.1 Å². The molecule has 116 valence electrons. The zero-order valence-electron chi connectivity index (χ0n) is 12.6. The van der Waals surface area contributed by atoms with Gasteiger partial charge in [0.25, 0.3) is 11.5 Å². The molecule has 7 heteroatoms. The normalized spacial score (nSPS) is 10.5. The van der Waals surface area contributed by atoms with E-state index in [0.29, 0.717) is 6.54 Å². The molecular weight excluding hydrogens is 274 g/mol. The molecule has 0 aliphatic rings. The highest BCUT2D eigenvalue weighted by atomic mass is 16.5. The highest BCUT2D eigenvalue weighted by Crippen LogP contribution is 1.95. The fourth-order valence-electron chi connectivity index (χ4n) is 1.63. The lowest BCUT2D eigenvalue weighted by Crippen LogP contribution is -2.31. The van der Waals surface area contributed by atoms with Gasteiger partial charge < -0.3 is 10.1 Å². The Hall–Kier alpha value is -2.18. The topological polar surface area (TPSA) is 90.3 Å². The molecule has 0 bridgehead atoms. The summed E-state index contributed by atoms with van der Waals surface area (Å²) in [6.45, 7) is 6.07. The summed E-state index contributed by atoms with van der Waals surface area (Å²) in [4.78, 5) is 34.7. The van der Waals surface area contributed by atoms with Gasteiger partial charge in [0.1, 0.15) is 5.69 Å². The van der Waals surface area contributed by atoms with Gasteiger partial charge in [-0.2, -0.15) is 5.10 Å². The van der Waals surface area contributed by atoms with E-state index >= 15 is 0 Å². The van der Waals surface area contributed by atoms with Crippen molar-refractivity contribution < 1.29 is 14.3 Å². The molecule has 7 nitrogen and oxygen atoms in total. The van der Waals surface area contributed by atoms with Gasteiger partial charge in [0.15, 0.2) is 0 Å². The van der Waals surface area contributed by atoms with E-state index < -0.39 is 5.91 Å². The number of aromatic nitrogens is 2. The Balaban J connectivity index is 2.54. The molecule has 0 spiro atoms. The summed E-state index contributed by atoms with van der Waals surface area (Å²) in [6, 6.07) is 2.68. The van der Waals surface area contributed by atoms with Crippen LogP contribution >= 0.6 is 0 Å². The van der Waals surface area contributed by atoms with Crippen molar-refractivity contribution in [2.24, 2.45) is 0 Å². The highest BCUT2D eigenvalue weighted by Gasteiger charge is 2.11. The summed E-state index contributed by atoms with van der Waals surface area (Å²) in [5.74, 6) is -0.786. The number of amides is 1. The van der Waals surface area contributed by atoms with Gasteiger partial charge in [0.2, 0.25) is 0 Å². The molecule has 1 rings (SSSR count).